The molecule has 2 N–H and O–H groups in total. The molecule has 17 heavy (non-hydrogen) atoms. The molecule has 4 nitrogen and oxygen atoms in total. The van der Waals surface area contributed by atoms with E-state index in [4.69, 9.17) is 16.7 Å². The molecule has 0 saturated heterocycles. The van der Waals surface area contributed by atoms with Gasteiger partial charge in [0, 0.05) is 16.2 Å². The number of carboxylic acids is 1. The van der Waals surface area contributed by atoms with Gasteiger partial charge in [-0.05, 0) is 37.6 Å². The second kappa shape index (κ2) is 5.01. The highest BCUT2D eigenvalue weighted by atomic mass is 35.5. The average Bonchev–Trinajstić information content (AvgIpc) is 2.29. The number of hydrogen-bond acceptors (Lipinski definition) is 3. The Labute approximate surface area is 103 Å². The highest BCUT2D eigenvalue weighted by molar-refractivity contribution is 6.40. The van der Waals surface area contributed by atoms with Crippen molar-refractivity contribution in [3.8, 4) is 0 Å². The van der Waals surface area contributed by atoms with Crippen molar-refractivity contribution in [3.63, 3.8) is 0 Å². The molecule has 0 fully saturated rings. The Morgan fingerprint density at radius 2 is 1.82 bits per heavy atom. The van der Waals surface area contributed by atoms with E-state index < -0.39 is 11.8 Å². The summed E-state index contributed by atoms with van der Waals surface area (Å²) in [6.07, 6.45) is 0. The number of carboxylic acid groups (broad SMARTS) is 1. The van der Waals surface area contributed by atoms with Gasteiger partial charge in [-0.3, -0.25) is 4.79 Å². The Hall–Kier alpha value is -1.81. The van der Waals surface area contributed by atoms with Gasteiger partial charge in [0.05, 0.1) is 0 Å². The third kappa shape index (κ3) is 2.85. The third-order valence-electron chi connectivity index (χ3n) is 2.32. The molecule has 0 amide bonds. The fraction of sp³-hybridized carbons (Fsp3) is 0.167. The van der Waals surface area contributed by atoms with E-state index >= 15 is 0 Å². The molecule has 0 heterocycles. The van der Waals surface area contributed by atoms with E-state index in [1.54, 1.807) is 19.1 Å². The van der Waals surface area contributed by atoms with Crippen LogP contribution in [0.4, 0.5) is 0 Å². The molecular weight excluding hydrogens is 244 g/mol. The van der Waals surface area contributed by atoms with Crippen LogP contribution in [-0.4, -0.2) is 22.0 Å². The van der Waals surface area contributed by atoms with Gasteiger partial charge in [0.2, 0.25) is 0 Å². The lowest BCUT2D eigenvalue weighted by atomic mass is 10.0. The van der Waals surface area contributed by atoms with Crippen molar-refractivity contribution >= 4 is 29.1 Å². The van der Waals surface area contributed by atoms with Gasteiger partial charge >= 0.3 is 5.97 Å². The molecule has 5 heteroatoms. The van der Waals surface area contributed by atoms with E-state index in [0.717, 1.165) is 5.56 Å². The van der Waals surface area contributed by atoms with Crippen molar-refractivity contribution in [2.24, 2.45) is 0 Å². The highest BCUT2D eigenvalue weighted by Gasteiger charge is 2.18. The summed E-state index contributed by atoms with van der Waals surface area (Å²) in [5.41, 5.74) is 0.879. The summed E-state index contributed by atoms with van der Waals surface area (Å²) < 4.78 is 0. The van der Waals surface area contributed by atoms with Gasteiger partial charge in [0.15, 0.2) is 0 Å². The van der Waals surface area contributed by atoms with Gasteiger partial charge in [-0.2, -0.15) is 0 Å². The predicted molar refractivity (Wildman–Crippen MR) is 64.1 cm³/mol. The van der Waals surface area contributed by atoms with Gasteiger partial charge in [0.1, 0.15) is 5.76 Å². The quantitative estimate of drug-likeness (QED) is 0.494. The zero-order chi connectivity index (χ0) is 13.2. The number of rotatable bonds is 3. The number of aliphatic carboxylic acids is 1. The summed E-state index contributed by atoms with van der Waals surface area (Å²) in [5.74, 6) is -3.08. The van der Waals surface area contributed by atoms with Crippen LogP contribution in [-0.2, 0) is 9.59 Å². The molecule has 90 valence electrons. The standard InChI is InChI=1S/C12H11ClO4/c1-6-5-8(3-4-9(6)13)10(14)7(2)11(15)12(16)17/h3-5,14H,1-2H3,(H,16,17). The number of Topliss-reactive ketones (excluding diaryl/α,β-unsaturated/α-hetero) is 1. The first-order valence-electron chi connectivity index (χ1n) is 4.78. The van der Waals surface area contributed by atoms with Crippen LogP contribution < -0.4 is 0 Å². The Morgan fingerprint density at radius 3 is 2.29 bits per heavy atom. The number of halogens is 1. The summed E-state index contributed by atoms with van der Waals surface area (Å²) in [7, 11) is 0. The van der Waals surface area contributed by atoms with E-state index in [-0.39, 0.29) is 11.3 Å². The van der Waals surface area contributed by atoms with Gasteiger partial charge in [-0.15, -0.1) is 0 Å². The first kappa shape index (κ1) is 13.3. The number of carbonyl (C=O) groups is 2. The van der Waals surface area contributed by atoms with Crippen molar-refractivity contribution in [1.82, 2.24) is 0 Å². The topological polar surface area (TPSA) is 74.6 Å². The summed E-state index contributed by atoms with van der Waals surface area (Å²) in [5, 5.41) is 18.8. The number of hydrogen-bond donors (Lipinski definition) is 2. The largest absolute Gasteiger partial charge is 0.507 e. The molecule has 0 bridgehead atoms. The molecule has 0 saturated carbocycles. The number of carbonyl (C=O) groups excluding carboxylic acids is 1. The van der Waals surface area contributed by atoms with Crippen LogP contribution in [0.5, 0.6) is 0 Å². The molecule has 1 aromatic carbocycles. The van der Waals surface area contributed by atoms with Crippen LogP contribution in [0.15, 0.2) is 23.8 Å². The number of aryl methyl sites for hydroxylation is 1. The second-order valence-corrected chi connectivity index (χ2v) is 3.98. The highest BCUT2D eigenvalue weighted by Crippen LogP contribution is 2.22. The van der Waals surface area contributed by atoms with Crippen molar-refractivity contribution in [1.29, 1.82) is 0 Å². The Morgan fingerprint density at radius 1 is 1.24 bits per heavy atom. The summed E-state index contributed by atoms with van der Waals surface area (Å²) >= 11 is 5.82. The predicted octanol–water partition coefficient (Wildman–Crippen LogP) is 2.59. The molecule has 0 spiro atoms. The molecule has 0 aromatic heterocycles. The number of ketones is 1. The van der Waals surface area contributed by atoms with E-state index in [9.17, 15) is 14.7 Å². The minimum Gasteiger partial charge on any atom is -0.507 e. The smallest absolute Gasteiger partial charge is 0.377 e. The maximum atomic E-state index is 11.2. The normalized spacial score (nSPS) is 11.9. The maximum Gasteiger partial charge on any atom is 0.377 e. The molecule has 1 rings (SSSR count). The molecule has 0 atom stereocenters. The first-order valence-corrected chi connectivity index (χ1v) is 5.16. The molecule has 1 aromatic rings. The molecular formula is C12H11ClO4. The van der Waals surface area contributed by atoms with E-state index in [1.165, 1.54) is 13.0 Å². The summed E-state index contributed by atoms with van der Waals surface area (Å²) in [6, 6.07) is 4.67. The van der Waals surface area contributed by atoms with E-state index in [1.807, 2.05) is 0 Å². The van der Waals surface area contributed by atoms with Gasteiger partial charge in [-0.25, -0.2) is 4.79 Å². The van der Waals surface area contributed by atoms with Gasteiger partial charge in [-0.1, -0.05) is 11.6 Å². The maximum absolute atomic E-state index is 11.2. The van der Waals surface area contributed by atoms with Gasteiger partial charge in [0.25, 0.3) is 5.78 Å². The second-order valence-electron chi connectivity index (χ2n) is 3.57. The summed E-state index contributed by atoms with van der Waals surface area (Å²) in [6.45, 7) is 3.00. The number of aliphatic hydroxyl groups excluding tert-OH is 1. The van der Waals surface area contributed by atoms with Crippen LogP contribution in [0, 0.1) is 6.92 Å². The number of benzene rings is 1. The SMILES string of the molecule is CC(C(=O)C(=O)O)=C(O)c1ccc(Cl)c(C)c1. The molecule has 0 aliphatic heterocycles. The Balaban J connectivity index is 3.23. The van der Waals surface area contributed by atoms with Crippen molar-refractivity contribution < 1.29 is 19.8 Å². The van der Waals surface area contributed by atoms with Crippen LogP contribution >= 0.6 is 11.6 Å². The summed E-state index contributed by atoms with van der Waals surface area (Å²) in [4.78, 5) is 21.6. The monoisotopic (exact) mass is 254 g/mol. The average molecular weight is 255 g/mol. The molecule has 0 aliphatic carbocycles. The lowest BCUT2D eigenvalue weighted by Crippen LogP contribution is -2.14. The lowest BCUT2D eigenvalue weighted by Gasteiger charge is -2.06. The van der Waals surface area contributed by atoms with Crippen LogP contribution in [0.2, 0.25) is 5.02 Å². The van der Waals surface area contributed by atoms with Crippen LogP contribution in [0.25, 0.3) is 5.76 Å². The van der Waals surface area contributed by atoms with Crippen molar-refractivity contribution in [2.75, 3.05) is 0 Å². The lowest BCUT2D eigenvalue weighted by molar-refractivity contribution is -0.147. The minimum atomic E-state index is -1.60. The van der Waals surface area contributed by atoms with Crippen molar-refractivity contribution in [3.05, 3.63) is 39.9 Å². The van der Waals surface area contributed by atoms with E-state index in [2.05, 4.69) is 0 Å². The molecule has 0 unspecified atom stereocenters. The molecule has 0 aliphatic rings. The molecule has 0 radical (unpaired) electrons. The first-order chi connectivity index (χ1) is 7.84. The fourth-order valence-electron chi connectivity index (χ4n) is 1.28. The minimum absolute atomic E-state index is 0.209. The fourth-order valence-corrected chi connectivity index (χ4v) is 1.39. The third-order valence-corrected chi connectivity index (χ3v) is 2.75. The van der Waals surface area contributed by atoms with Crippen LogP contribution in [0.3, 0.4) is 0 Å². The van der Waals surface area contributed by atoms with Crippen molar-refractivity contribution in [2.45, 2.75) is 13.8 Å². The van der Waals surface area contributed by atoms with E-state index in [0.29, 0.717) is 10.6 Å². The Kier molecular flexibility index (Phi) is 3.91. The Bertz CT molecular complexity index is 517. The zero-order valence-electron chi connectivity index (χ0n) is 9.32. The van der Waals surface area contributed by atoms with Crippen LogP contribution in [0.1, 0.15) is 18.1 Å². The number of aliphatic hydroxyl groups is 1. The van der Waals surface area contributed by atoms with Gasteiger partial charge < -0.3 is 10.2 Å². The zero-order valence-corrected chi connectivity index (χ0v) is 10.1.